The first kappa shape index (κ1) is 8.38. The maximum atomic E-state index is 13.7. The molecule has 4 heteroatoms. The van der Waals surface area contributed by atoms with Crippen LogP contribution < -0.4 is 0 Å². The van der Waals surface area contributed by atoms with Gasteiger partial charge in [-0.3, -0.25) is 4.68 Å². The third-order valence-electron chi connectivity index (χ3n) is 3.27. The van der Waals surface area contributed by atoms with Crippen molar-refractivity contribution in [3.05, 3.63) is 17.5 Å². The summed E-state index contributed by atoms with van der Waals surface area (Å²) in [6.45, 7) is 2.58. The minimum absolute atomic E-state index is 0.102. The molecular formula is C10H12F2N2. The van der Waals surface area contributed by atoms with E-state index >= 15 is 0 Å². The molecule has 0 bridgehead atoms. The molecule has 0 aromatic carbocycles. The van der Waals surface area contributed by atoms with E-state index in [2.05, 4.69) is 5.10 Å². The highest BCUT2D eigenvalue weighted by Crippen LogP contribution is 2.66. The molecule has 0 spiro atoms. The van der Waals surface area contributed by atoms with Crippen LogP contribution in [0.25, 0.3) is 0 Å². The van der Waals surface area contributed by atoms with Crippen molar-refractivity contribution in [1.82, 2.24) is 9.78 Å². The summed E-state index contributed by atoms with van der Waals surface area (Å²) >= 11 is 0. The van der Waals surface area contributed by atoms with Crippen LogP contribution in [-0.4, -0.2) is 9.78 Å². The van der Waals surface area contributed by atoms with E-state index in [1.54, 1.807) is 6.20 Å². The second-order valence-corrected chi connectivity index (χ2v) is 4.24. The molecular weight excluding hydrogens is 186 g/mol. The van der Waals surface area contributed by atoms with Gasteiger partial charge in [0.05, 0.1) is 6.20 Å². The monoisotopic (exact) mass is 198 g/mol. The van der Waals surface area contributed by atoms with Crippen LogP contribution in [0, 0.1) is 5.92 Å². The van der Waals surface area contributed by atoms with Gasteiger partial charge in [0, 0.05) is 18.0 Å². The van der Waals surface area contributed by atoms with E-state index in [0.29, 0.717) is 13.0 Å². The minimum Gasteiger partial charge on any atom is -0.263 e. The van der Waals surface area contributed by atoms with Crippen molar-refractivity contribution in [2.45, 2.75) is 38.2 Å². The van der Waals surface area contributed by atoms with Crippen molar-refractivity contribution in [2.75, 3.05) is 0 Å². The normalized spacial score (nSPS) is 31.4. The van der Waals surface area contributed by atoms with Gasteiger partial charge in [-0.15, -0.1) is 0 Å². The Morgan fingerprint density at radius 3 is 3.14 bits per heavy atom. The van der Waals surface area contributed by atoms with Crippen molar-refractivity contribution in [1.29, 1.82) is 0 Å². The lowest BCUT2D eigenvalue weighted by Gasteiger charge is -2.14. The number of alkyl halides is 2. The van der Waals surface area contributed by atoms with Gasteiger partial charge in [0.1, 0.15) is 5.69 Å². The van der Waals surface area contributed by atoms with Crippen molar-refractivity contribution in [3.8, 4) is 0 Å². The number of hydrogen-bond donors (Lipinski definition) is 0. The number of aromatic nitrogens is 2. The summed E-state index contributed by atoms with van der Waals surface area (Å²) in [5.74, 6) is -2.93. The van der Waals surface area contributed by atoms with Gasteiger partial charge in [-0.2, -0.15) is 13.9 Å². The van der Waals surface area contributed by atoms with Gasteiger partial charge in [0.25, 0.3) is 5.92 Å². The van der Waals surface area contributed by atoms with Crippen LogP contribution in [0.3, 0.4) is 0 Å². The molecule has 2 nitrogen and oxygen atoms in total. The lowest BCUT2D eigenvalue weighted by atomic mass is 10.1. The van der Waals surface area contributed by atoms with Gasteiger partial charge in [-0.05, 0) is 18.8 Å². The Labute approximate surface area is 80.9 Å². The molecule has 1 aromatic rings. The van der Waals surface area contributed by atoms with Crippen molar-refractivity contribution < 1.29 is 8.78 Å². The molecule has 2 aliphatic carbocycles. The minimum atomic E-state index is -2.62. The summed E-state index contributed by atoms with van der Waals surface area (Å²) in [6.07, 6.45) is 3.13. The number of nitrogens with zero attached hydrogens (tertiary/aromatic N) is 2. The molecule has 1 saturated carbocycles. The zero-order chi connectivity index (χ0) is 9.92. The van der Waals surface area contributed by atoms with E-state index in [-0.39, 0.29) is 11.6 Å². The highest BCUT2D eigenvalue weighted by atomic mass is 19.3. The quantitative estimate of drug-likeness (QED) is 0.713. The number of aryl methyl sites for hydroxylation is 1. The first-order valence-electron chi connectivity index (χ1n) is 5.10. The van der Waals surface area contributed by atoms with Crippen LogP contribution in [0.1, 0.15) is 36.9 Å². The molecule has 76 valence electrons. The van der Waals surface area contributed by atoms with Gasteiger partial charge in [0.2, 0.25) is 0 Å². The molecule has 1 unspecified atom stereocenters. The largest absolute Gasteiger partial charge is 0.293 e. The fourth-order valence-electron chi connectivity index (χ4n) is 2.53. The Morgan fingerprint density at radius 1 is 1.64 bits per heavy atom. The molecule has 0 N–H and O–H groups in total. The van der Waals surface area contributed by atoms with Crippen LogP contribution in [0.2, 0.25) is 0 Å². The molecule has 1 aromatic heterocycles. The Hall–Kier alpha value is -0.930. The van der Waals surface area contributed by atoms with E-state index in [0.717, 1.165) is 12.0 Å². The van der Waals surface area contributed by atoms with Crippen LogP contribution in [-0.2, 0) is 12.5 Å². The lowest BCUT2D eigenvalue weighted by Crippen LogP contribution is -2.19. The standard InChI is InChI=1S/C10H12F2N2/c1-2-3-14-9-7(5-13-14)6-4-8(6)10(9,11)12/h5-6,8H,2-4H2,1H3/t6?,8-/m0/s1. The summed E-state index contributed by atoms with van der Waals surface area (Å²) in [6, 6.07) is 0. The number of halogens is 2. The second kappa shape index (κ2) is 2.35. The highest BCUT2D eigenvalue weighted by molar-refractivity contribution is 5.41. The van der Waals surface area contributed by atoms with Gasteiger partial charge < -0.3 is 0 Å². The first-order valence-corrected chi connectivity index (χ1v) is 5.10. The molecule has 1 heterocycles. The number of rotatable bonds is 2. The van der Waals surface area contributed by atoms with Crippen LogP contribution >= 0.6 is 0 Å². The third kappa shape index (κ3) is 0.817. The smallest absolute Gasteiger partial charge is 0.263 e. The number of fused-ring (bicyclic) bond motifs is 3. The highest BCUT2D eigenvalue weighted by Gasteiger charge is 2.65. The predicted molar refractivity (Wildman–Crippen MR) is 47.3 cm³/mol. The summed E-state index contributed by atoms with van der Waals surface area (Å²) in [4.78, 5) is 0. The van der Waals surface area contributed by atoms with Crippen LogP contribution in [0.15, 0.2) is 6.20 Å². The zero-order valence-electron chi connectivity index (χ0n) is 8.00. The lowest BCUT2D eigenvalue weighted by molar-refractivity contribution is -0.0310. The Morgan fingerprint density at radius 2 is 2.43 bits per heavy atom. The fourth-order valence-corrected chi connectivity index (χ4v) is 2.53. The third-order valence-corrected chi connectivity index (χ3v) is 3.27. The van der Waals surface area contributed by atoms with Gasteiger partial charge in [-0.1, -0.05) is 6.92 Å². The predicted octanol–water partition coefficient (Wildman–Crippen LogP) is 2.50. The first-order chi connectivity index (χ1) is 6.66. The summed E-state index contributed by atoms with van der Waals surface area (Å²) in [7, 11) is 0. The maximum absolute atomic E-state index is 13.7. The molecule has 3 rings (SSSR count). The summed E-state index contributed by atoms with van der Waals surface area (Å²) in [5, 5.41) is 4.04. The maximum Gasteiger partial charge on any atom is 0.293 e. The SMILES string of the molecule is CCCn1ncc2c1C(F)(F)[C@H]1CC21. The fraction of sp³-hybridized carbons (Fsp3) is 0.700. The van der Waals surface area contributed by atoms with E-state index in [9.17, 15) is 8.78 Å². The topological polar surface area (TPSA) is 17.8 Å². The van der Waals surface area contributed by atoms with Crippen molar-refractivity contribution in [3.63, 3.8) is 0 Å². The average molecular weight is 198 g/mol. The second-order valence-electron chi connectivity index (χ2n) is 4.24. The molecule has 1 fully saturated rings. The molecule has 0 radical (unpaired) electrons. The molecule has 14 heavy (non-hydrogen) atoms. The van der Waals surface area contributed by atoms with Gasteiger partial charge in [-0.25, -0.2) is 0 Å². The Kier molecular flexibility index (Phi) is 1.41. The molecule has 2 atom stereocenters. The molecule has 0 aliphatic heterocycles. The Balaban J connectivity index is 2.09. The summed E-state index contributed by atoms with van der Waals surface area (Å²) in [5.41, 5.74) is 0.994. The van der Waals surface area contributed by atoms with E-state index in [1.165, 1.54) is 4.68 Å². The number of hydrogen-bond acceptors (Lipinski definition) is 1. The van der Waals surface area contributed by atoms with E-state index < -0.39 is 11.8 Å². The van der Waals surface area contributed by atoms with Gasteiger partial charge >= 0.3 is 0 Å². The van der Waals surface area contributed by atoms with E-state index in [1.807, 2.05) is 6.92 Å². The van der Waals surface area contributed by atoms with Crippen LogP contribution in [0.4, 0.5) is 8.78 Å². The molecule has 0 saturated heterocycles. The van der Waals surface area contributed by atoms with Crippen LogP contribution in [0.5, 0.6) is 0 Å². The Bertz CT molecular complexity index is 383. The molecule has 2 aliphatic rings. The summed E-state index contributed by atoms with van der Waals surface area (Å²) < 4.78 is 28.9. The van der Waals surface area contributed by atoms with Crippen molar-refractivity contribution >= 4 is 0 Å². The zero-order valence-corrected chi connectivity index (χ0v) is 8.00. The van der Waals surface area contributed by atoms with Gasteiger partial charge in [0.15, 0.2) is 0 Å². The molecule has 0 amide bonds. The average Bonchev–Trinajstić information content (AvgIpc) is 2.77. The van der Waals surface area contributed by atoms with E-state index in [4.69, 9.17) is 0 Å². The van der Waals surface area contributed by atoms with Crippen molar-refractivity contribution in [2.24, 2.45) is 5.92 Å².